The Hall–Kier alpha value is -3.55. The van der Waals surface area contributed by atoms with Crippen molar-refractivity contribution in [1.82, 2.24) is 9.88 Å². The molecule has 1 fully saturated rings. The Kier molecular flexibility index (Phi) is 5.07. The highest BCUT2D eigenvalue weighted by Crippen LogP contribution is 2.25. The van der Waals surface area contributed by atoms with Gasteiger partial charge in [-0.15, -0.1) is 0 Å². The van der Waals surface area contributed by atoms with Crippen molar-refractivity contribution in [3.8, 4) is 0 Å². The highest BCUT2D eigenvalue weighted by Gasteiger charge is 2.27. The number of hydrogen-bond donors (Lipinski definition) is 3. The zero-order valence-corrected chi connectivity index (χ0v) is 15.8. The number of amides is 2. The van der Waals surface area contributed by atoms with Crippen molar-refractivity contribution in [3.05, 3.63) is 58.6 Å². The van der Waals surface area contributed by atoms with E-state index in [9.17, 15) is 14.4 Å². The number of nitrogens with zero attached hydrogens (tertiary/aromatic N) is 1. The van der Waals surface area contributed by atoms with E-state index in [0.29, 0.717) is 24.5 Å². The topological polar surface area (TPSA) is 121 Å². The van der Waals surface area contributed by atoms with Gasteiger partial charge in [0.1, 0.15) is 0 Å². The van der Waals surface area contributed by atoms with Crippen LogP contribution >= 0.6 is 0 Å². The number of hydrogen-bond acceptors (Lipinski definition) is 5. The number of aromatic nitrogens is 1. The Morgan fingerprint density at radius 3 is 2.62 bits per heavy atom. The minimum absolute atomic E-state index is 0.234. The maximum atomic E-state index is 12.5. The number of carbonyl (C=O) groups excluding carboxylic acids is 2. The van der Waals surface area contributed by atoms with Crippen LogP contribution in [0.15, 0.2) is 51.7 Å². The molecular formula is C21H22N4O4. The Balaban J connectivity index is 1.36. The van der Waals surface area contributed by atoms with E-state index in [1.165, 1.54) is 17.7 Å². The van der Waals surface area contributed by atoms with Gasteiger partial charge < -0.3 is 20.4 Å². The van der Waals surface area contributed by atoms with Gasteiger partial charge in [-0.05, 0) is 36.8 Å². The van der Waals surface area contributed by atoms with E-state index in [2.05, 4.69) is 22.4 Å². The molecule has 1 aromatic heterocycles. The molecule has 150 valence electrons. The summed E-state index contributed by atoms with van der Waals surface area (Å²) in [5.74, 6) is -1.45. The zero-order valence-electron chi connectivity index (χ0n) is 15.8. The average Bonchev–Trinajstić information content (AvgIpc) is 3.07. The predicted octanol–water partition coefficient (Wildman–Crippen LogP) is 2.12. The first-order chi connectivity index (χ1) is 14.0. The molecule has 8 heteroatoms. The minimum atomic E-state index is -0.754. The second-order valence-electron chi connectivity index (χ2n) is 7.33. The number of nitrogens with one attached hydrogen (secondary N) is 2. The molecule has 2 amide bonds. The molecule has 0 unspecified atom stereocenters. The summed E-state index contributed by atoms with van der Waals surface area (Å²) >= 11 is 0. The molecule has 8 nitrogen and oxygen atoms in total. The maximum absolute atomic E-state index is 12.5. The second kappa shape index (κ2) is 7.83. The number of aromatic amines is 1. The first-order valence-electron chi connectivity index (χ1n) is 9.56. The second-order valence-corrected chi connectivity index (χ2v) is 7.33. The molecule has 1 saturated heterocycles. The Morgan fingerprint density at radius 1 is 1.17 bits per heavy atom. The number of nitrogens with two attached hydrogens (primary N) is 1. The fourth-order valence-corrected chi connectivity index (χ4v) is 3.73. The monoisotopic (exact) mass is 394 g/mol. The van der Waals surface area contributed by atoms with Crippen molar-refractivity contribution in [2.24, 2.45) is 5.92 Å². The quantitative estimate of drug-likeness (QED) is 0.464. The lowest BCUT2D eigenvalue weighted by Gasteiger charge is -2.31. The van der Waals surface area contributed by atoms with Gasteiger partial charge in [-0.25, -0.2) is 4.79 Å². The van der Waals surface area contributed by atoms with E-state index < -0.39 is 17.6 Å². The molecule has 1 aliphatic heterocycles. The minimum Gasteiger partial charge on any atom is -0.408 e. The van der Waals surface area contributed by atoms with Crippen molar-refractivity contribution in [1.29, 1.82) is 0 Å². The molecule has 4 rings (SSSR count). The summed E-state index contributed by atoms with van der Waals surface area (Å²) in [7, 11) is 0. The predicted molar refractivity (Wildman–Crippen MR) is 109 cm³/mol. The van der Waals surface area contributed by atoms with Crippen LogP contribution in [-0.2, 0) is 16.0 Å². The van der Waals surface area contributed by atoms with E-state index in [-0.39, 0.29) is 17.0 Å². The van der Waals surface area contributed by atoms with E-state index in [1.54, 1.807) is 4.90 Å². The summed E-state index contributed by atoms with van der Waals surface area (Å²) in [6.45, 7) is 1.09. The molecule has 0 saturated carbocycles. The highest BCUT2D eigenvalue weighted by atomic mass is 16.4. The summed E-state index contributed by atoms with van der Waals surface area (Å²) in [4.78, 5) is 40.3. The molecule has 2 heterocycles. The molecule has 0 bridgehead atoms. The van der Waals surface area contributed by atoms with Crippen molar-refractivity contribution in [2.45, 2.75) is 19.3 Å². The van der Waals surface area contributed by atoms with Gasteiger partial charge in [0.15, 0.2) is 5.58 Å². The molecule has 4 N–H and O–H groups in total. The number of benzene rings is 2. The molecule has 0 spiro atoms. The van der Waals surface area contributed by atoms with Gasteiger partial charge >= 0.3 is 17.6 Å². The van der Waals surface area contributed by atoms with Crippen molar-refractivity contribution >= 4 is 34.3 Å². The van der Waals surface area contributed by atoms with Gasteiger partial charge in [0.25, 0.3) is 0 Å². The summed E-state index contributed by atoms with van der Waals surface area (Å²) in [5.41, 5.74) is 8.35. The van der Waals surface area contributed by atoms with E-state index in [0.717, 1.165) is 19.3 Å². The number of oxazole rings is 1. The smallest absolute Gasteiger partial charge is 0.408 e. The van der Waals surface area contributed by atoms with Crippen LogP contribution in [0.25, 0.3) is 11.1 Å². The highest BCUT2D eigenvalue weighted by molar-refractivity contribution is 6.39. The summed E-state index contributed by atoms with van der Waals surface area (Å²) in [5, 5.41) is 2.53. The first-order valence-corrected chi connectivity index (χ1v) is 9.56. The first kappa shape index (κ1) is 18.8. The molecule has 29 heavy (non-hydrogen) atoms. The van der Waals surface area contributed by atoms with Gasteiger partial charge in [0.05, 0.1) is 16.9 Å². The Morgan fingerprint density at radius 2 is 1.90 bits per heavy atom. The van der Waals surface area contributed by atoms with Crippen LogP contribution in [0.2, 0.25) is 0 Å². The molecule has 1 aliphatic rings. The van der Waals surface area contributed by atoms with E-state index >= 15 is 0 Å². The fourth-order valence-electron chi connectivity index (χ4n) is 3.73. The van der Waals surface area contributed by atoms with E-state index in [1.807, 2.05) is 18.2 Å². The molecule has 0 atom stereocenters. The van der Waals surface area contributed by atoms with Crippen molar-refractivity contribution in [3.63, 3.8) is 0 Å². The van der Waals surface area contributed by atoms with Crippen LogP contribution in [0.4, 0.5) is 11.4 Å². The molecule has 0 aliphatic carbocycles. The fraction of sp³-hybridized carbons (Fsp3) is 0.286. The third-order valence-electron chi connectivity index (χ3n) is 5.30. The van der Waals surface area contributed by atoms with Crippen molar-refractivity contribution < 1.29 is 14.0 Å². The van der Waals surface area contributed by atoms with Crippen LogP contribution in [0, 0.1) is 5.92 Å². The lowest BCUT2D eigenvalue weighted by Crippen LogP contribution is -2.44. The number of carbonyl (C=O) groups is 2. The Bertz CT molecular complexity index is 1090. The normalized spacial score (nSPS) is 14.8. The number of H-pyrrole nitrogens is 1. The third kappa shape index (κ3) is 4.16. The number of piperidine rings is 1. The lowest BCUT2D eigenvalue weighted by molar-refractivity contribution is -0.144. The molecule has 0 radical (unpaired) electrons. The third-order valence-corrected chi connectivity index (χ3v) is 5.30. The molecule has 2 aromatic carbocycles. The number of fused-ring (bicyclic) bond motifs is 1. The number of rotatable bonds is 3. The number of nitrogen functional groups attached to an aromatic ring is 1. The van der Waals surface area contributed by atoms with Crippen molar-refractivity contribution in [2.75, 3.05) is 24.1 Å². The number of likely N-dealkylation sites (tertiary alicyclic amines) is 1. The summed E-state index contributed by atoms with van der Waals surface area (Å²) < 4.78 is 4.97. The standard InChI is InChI=1S/C21H22N4O4/c22-15-11-17-18(29-21(28)24-17)12-16(15)23-19(26)20(27)25-8-6-14(7-9-25)10-13-4-2-1-3-5-13/h1-5,11-12,14H,6-10,22H2,(H,23,26)(H,24,28). The summed E-state index contributed by atoms with van der Waals surface area (Å²) in [6, 6.07) is 13.2. The van der Waals surface area contributed by atoms with Gasteiger partial charge in [0.2, 0.25) is 0 Å². The van der Waals surface area contributed by atoms with Crippen LogP contribution in [0.1, 0.15) is 18.4 Å². The van der Waals surface area contributed by atoms with Crippen LogP contribution in [0.5, 0.6) is 0 Å². The average molecular weight is 394 g/mol. The SMILES string of the molecule is Nc1cc2[nH]c(=O)oc2cc1NC(=O)C(=O)N1CCC(Cc2ccccc2)CC1. The maximum Gasteiger partial charge on any atom is 0.417 e. The molecule has 3 aromatic rings. The lowest BCUT2D eigenvalue weighted by atomic mass is 9.90. The van der Waals surface area contributed by atoms with E-state index in [4.69, 9.17) is 10.2 Å². The van der Waals surface area contributed by atoms with Gasteiger partial charge in [-0.1, -0.05) is 30.3 Å². The number of anilines is 2. The van der Waals surface area contributed by atoms with Crippen LogP contribution < -0.4 is 16.8 Å². The zero-order chi connectivity index (χ0) is 20.4. The van der Waals surface area contributed by atoms with Gasteiger partial charge in [0, 0.05) is 19.2 Å². The Labute approximate surface area is 166 Å². The summed E-state index contributed by atoms with van der Waals surface area (Å²) in [6.07, 6.45) is 2.69. The van der Waals surface area contributed by atoms with Gasteiger partial charge in [-0.3, -0.25) is 14.6 Å². The largest absolute Gasteiger partial charge is 0.417 e. The van der Waals surface area contributed by atoms with Crippen LogP contribution in [-0.4, -0.2) is 34.8 Å². The molecular weight excluding hydrogens is 372 g/mol. The van der Waals surface area contributed by atoms with Crippen LogP contribution in [0.3, 0.4) is 0 Å². The van der Waals surface area contributed by atoms with Gasteiger partial charge in [-0.2, -0.15) is 0 Å².